The first-order valence-electron chi connectivity index (χ1n) is 11.6. The molecule has 2 aliphatic carbocycles. The molecule has 3 aliphatic rings. The van der Waals surface area contributed by atoms with E-state index in [1.54, 1.807) is 0 Å². The van der Waals surface area contributed by atoms with Crippen LogP contribution in [0.15, 0.2) is 29.1 Å². The van der Waals surface area contributed by atoms with E-state index in [0.29, 0.717) is 36.5 Å². The molecule has 172 valence electrons. The summed E-state index contributed by atoms with van der Waals surface area (Å²) in [6.45, 7) is 2.92. The van der Waals surface area contributed by atoms with Gasteiger partial charge in [-0.3, -0.25) is 9.59 Å². The molecule has 1 aromatic carbocycles. The molecule has 1 spiro atoms. The fourth-order valence-electron chi connectivity index (χ4n) is 5.92. The zero-order valence-electron chi connectivity index (χ0n) is 18.4. The van der Waals surface area contributed by atoms with Gasteiger partial charge in [-0.25, -0.2) is 14.5 Å². The zero-order chi connectivity index (χ0) is 22.7. The highest BCUT2D eigenvalue weighted by molar-refractivity contribution is 7.15. The van der Waals surface area contributed by atoms with E-state index in [2.05, 4.69) is 20.5 Å². The Morgan fingerprint density at radius 2 is 2.00 bits per heavy atom. The van der Waals surface area contributed by atoms with Gasteiger partial charge >= 0.3 is 0 Å². The number of carbonyl (C=O) groups is 1. The maximum absolute atomic E-state index is 13.5. The number of amides is 1. The number of nitrogens with one attached hydrogen (secondary N) is 2. The summed E-state index contributed by atoms with van der Waals surface area (Å²) in [6, 6.07) is 7.79. The minimum absolute atomic E-state index is 0.130. The van der Waals surface area contributed by atoms with Crippen LogP contribution in [-0.4, -0.2) is 46.4 Å². The van der Waals surface area contributed by atoms with Crippen molar-refractivity contribution in [3.05, 3.63) is 50.9 Å². The van der Waals surface area contributed by atoms with Gasteiger partial charge in [0.25, 0.3) is 11.5 Å². The Balaban J connectivity index is 1.07. The van der Waals surface area contributed by atoms with Gasteiger partial charge in [-0.05, 0) is 50.5 Å². The summed E-state index contributed by atoms with van der Waals surface area (Å²) in [6.07, 6.45) is 3.69. The van der Waals surface area contributed by atoms with Gasteiger partial charge in [-0.15, -0.1) is 11.3 Å². The van der Waals surface area contributed by atoms with Crippen LogP contribution in [0, 0.1) is 12.3 Å². The fraction of sp³-hybridized carbons (Fsp3) is 0.500. The fourth-order valence-corrected chi connectivity index (χ4v) is 6.86. The summed E-state index contributed by atoms with van der Waals surface area (Å²) in [5.41, 5.74) is 1.56. The van der Waals surface area contributed by atoms with Crippen molar-refractivity contribution in [3.63, 3.8) is 0 Å². The monoisotopic (exact) mass is 467 g/mol. The highest BCUT2D eigenvalue weighted by atomic mass is 32.1. The third-order valence-corrected chi connectivity index (χ3v) is 8.60. The number of H-pyrrole nitrogens is 1. The number of hydrogen-bond acceptors (Lipinski definition) is 6. The Morgan fingerprint density at radius 3 is 2.73 bits per heavy atom. The molecule has 1 saturated heterocycles. The number of nitrogens with zero attached hydrogens (tertiary/aromatic N) is 3. The summed E-state index contributed by atoms with van der Waals surface area (Å²) < 4.78 is 13.5. The van der Waals surface area contributed by atoms with Gasteiger partial charge in [0.1, 0.15) is 11.9 Å². The molecule has 2 saturated carbocycles. The lowest BCUT2D eigenvalue weighted by Crippen LogP contribution is -2.55. The number of hydrogen-bond donors (Lipinski definition) is 2. The van der Waals surface area contributed by atoms with Crippen molar-refractivity contribution in [2.24, 2.45) is 5.41 Å². The molecule has 0 bridgehead atoms. The first-order chi connectivity index (χ1) is 15.9. The molecular formula is C24H26FN5O2S. The molecule has 3 aromatic rings. The number of thiazole rings is 1. The third kappa shape index (κ3) is 3.53. The Morgan fingerprint density at radius 1 is 1.24 bits per heavy atom. The van der Waals surface area contributed by atoms with Crippen molar-refractivity contribution < 1.29 is 9.18 Å². The van der Waals surface area contributed by atoms with Crippen molar-refractivity contribution >= 4 is 33.1 Å². The molecular weight excluding hydrogens is 441 g/mol. The molecule has 9 heteroatoms. The third-order valence-electron chi connectivity index (χ3n) is 7.57. The van der Waals surface area contributed by atoms with Crippen LogP contribution in [0.3, 0.4) is 0 Å². The number of aromatic nitrogens is 3. The molecule has 1 amide bonds. The van der Waals surface area contributed by atoms with Crippen molar-refractivity contribution in [2.75, 3.05) is 18.0 Å². The van der Waals surface area contributed by atoms with E-state index in [1.165, 1.54) is 11.3 Å². The smallest absolute Gasteiger partial charge is 0.272 e. The first kappa shape index (κ1) is 20.8. The van der Waals surface area contributed by atoms with Gasteiger partial charge in [0.05, 0.1) is 17.6 Å². The second kappa shape index (κ2) is 7.62. The van der Waals surface area contributed by atoms with Crippen LogP contribution < -0.4 is 15.8 Å². The summed E-state index contributed by atoms with van der Waals surface area (Å²) in [5, 5.41) is 12.5. The van der Waals surface area contributed by atoms with Gasteiger partial charge in [0.2, 0.25) is 0 Å². The Bertz CT molecular complexity index is 1290. The average molecular weight is 468 g/mol. The van der Waals surface area contributed by atoms with Crippen LogP contribution in [0.2, 0.25) is 0 Å². The first-order valence-corrected chi connectivity index (χ1v) is 12.4. The van der Waals surface area contributed by atoms with Gasteiger partial charge in [0.15, 0.2) is 5.13 Å². The second-order valence-corrected chi connectivity index (χ2v) is 11.1. The minimum Gasteiger partial charge on any atom is -0.348 e. The van der Waals surface area contributed by atoms with Crippen LogP contribution in [0.1, 0.15) is 59.1 Å². The second-order valence-electron chi connectivity index (χ2n) is 9.90. The molecule has 6 rings (SSSR count). The lowest BCUT2D eigenvalue weighted by atomic mass is 9.49. The number of rotatable bonds is 4. The predicted molar refractivity (Wildman–Crippen MR) is 126 cm³/mol. The quantitative estimate of drug-likeness (QED) is 0.611. The molecule has 3 heterocycles. The molecule has 1 atom stereocenters. The lowest BCUT2D eigenvalue weighted by molar-refractivity contribution is -0.0197. The van der Waals surface area contributed by atoms with Crippen molar-refractivity contribution in [2.45, 2.75) is 57.2 Å². The van der Waals surface area contributed by atoms with Crippen LogP contribution in [0.5, 0.6) is 0 Å². The van der Waals surface area contributed by atoms with Crippen molar-refractivity contribution in [1.29, 1.82) is 0 Å². The molecule has 3 fully saturated rings. The summed E-state index contributed by atoms with van der Waals surface area (Å²) in [4.78, 5) is 32.2. The van der Waals surface area contributed by atoms with Crippen LogP contribution in [0.25, 0.3) is 10.8 Å². The molecule has 2 N–H and O–H groups in total. The summed E-state index contributed by atoms with van der Waals surface area (Å²) >= 11 is 1.47. The maximum atomic E-state index is 13.5. The zero-order valence-corrected chi connectivity index (χ0v) is 19.3. The van der Waals surface area contributed by atoms with E-state index in [0.717, 1.165) is 46.8 Å². The average Bonchev–Trinajstić information content (AvgIpc) is 3.35. The molecule has 33 heavy (non-hydrogen) atoms. The van der Waals surface area contributed by atoms with Gasteiger partial charge in [0, 0.05) is 28.8 Å². The highest BCUT2D eigenvalue weighted by Crippen LogP contribution is 2.62. The van der Waals surface area contributed by atoms with Crippen molar-refractivity contribution in [3.8, 4) is 0 Å². The van der Waals surface area contributed by atoms with Crippen LogP contribution in [-0.2, 0) is 0 Å². The summed E-state index contributed by atoms with van der Waals surface area (Å²) in [5.74, 6) is 0.210. The Labute approximate surface area is 194 Å². The number of carbonyl (C=O) groups excluding carboxylic acids is 1. The molecule has 0 radical (unpaired) electrons. The SMILES string of the molecule is Cc1sc(N2CC[C@@H](F)C2)nc1C(=O)N[C@H]1CC2(C1)C[C@H](c1n[nH]c(=O)c3ccccc31)C2. The lowest BCUT2D eigenvalue weighted by Gasteiger charge is -2.57. The van der Waals surface area contributed by atoms with Crippen molar-refractivity contribution in [1.82, 2.24) is 20.5 Å². The van der Waals surface area contributed by atoms with E-state index in [-0.39, 0.29) is 22.9 Å². The van der Waals surface area contributed by atoms with E-state index < -0.39 is 6.17 Å². The minimum atomic E-state index is -0.812. The molecule has 7 nitrogen and oxygen atoms in total. The van der Waals surface area contributed by atoms with Gasteiger partial charge in [-0.1, -0.05) is 18.2 Å². The van der Waals surface area contributed by atoms with Crippen LogP contribution >= 0.6 is 11.3 Å². The molecule has 2 aromatic heterocycles. The van der Waals surface area contributed by atoms with Gasteiger partial charge in [-0.2, -0.15) is 5.10 Å². The Kier molecular flexibility index (Phi) is 4.79. The van der Waals surface area contributed by atoms with E-state index >= 15 is 0 Å². The highest BCUT2D eigenvalue weighted by Gasteiger charge is 2.54. The van der Waals surface area contributed by atoms with Crippen LogP contribution in [0.4, 0.5) is 9.52 Å². The molecule has 1 aliphatic heterocycles. The van der Waals surface area contributed by atoms with Gasteiger partial charge < -0.3 is 10.2 Å². The standard InChI is InChI=1S/C24H26FN5O2S/c1-13-19(27-23(33-13)30-7-6-15(25)12-30)22(32)26-16-10-24(11-16)8-14(9-24)20-17-4-2-3-5-18(17)21(31)29-28-20/h2-5,14-16H,6-12H2,1H3,(H,26,32)(H,29,31)/t14-,15-,16-,24?/m1/s1. The number of fused-ring (bicyclic) bond motifs is 1. The Hall–Kier alpha value is -2.81. The topological polar surface area (TPSA) is 91.0 Å². The number of alkyl halides is 1. The number of halogens is 1. The normalized spacial score (nSPS) is 28.7. The number of aromatic amines is 1. The number of benzene rings is 1. The van der Waals surface area contributed by atoms with E-state index in [9.17, 15) is 14.0 Å². The maximum Gasteiger partial charge on any atom is 0.272 e. The number of anilines is 1. The number of aryl methyl sites for hydroxylation is 1. The predicted octanol–water partition coefficient (Wildman–Crippen LogP) is 3.69. The largest absolute Gasteiger partial charge is 0.348 e. The molecule has 0 unspecified atom stereocenters. The van der Waals surface area contributed by atoms with E-state index in [4.69, 9.17) is 0 Å². The summed E-state index contributed by atoms with van der Waals surface area (Å²) in [7, 11) is 0. The van der Waals surface area contributed by atoms with E-state index in [1.807, 2.05) is 36.1 Å².